The second-order valence-electron chi connectivity index (χ2n) is 6.38. The summed E-state index contributed by atoms with van der Waals surface area (Å²) in [5.74, 6) is 0.928. The highest BCUT2D eigenvalue weighted by atomic mass is 32.1. The summed E-state index contributed by atoms with van der Waals surface area (Å²) in [5.41, 5.74) is 0.294. The third kappa shape index (κ3) is 3.32. The first kappa shape index (κ1) is 13.1. The van der Waals surface area contributed by atoms with E-state index in [2.05, 4.69) is 45.1 Å². The molecule has 0 aromatic carbocycles. The van der Waals surface area contributed by atoms with E-state index in [0.717, 1.165) is 12.5 Å². The van der Waals surface area contributed by atoms with Gasteiger partial charge in [-0.2, -0.15) is 0 Å². The van der Waals surface area contributed by atoms with Crippen molar-refractivity contribution in [3.05, 3.63) is 21.9 Å². The summed E-state index contributed by atoms with van der Waals surface area (Å²) < 4.78 is 0. The standard InChI is InChI=1S/C15H25NS/c1-11(12-6-5-7-12)16-10-13-8-9-14(17-13)15(2,3)4/h8-9,11-12,16H,5-7,10H2,1-4H3. The fraction of sp³-hybridized carbons (Fsp3) is 0.733. The van der Waals surface area contributed by atoms with Crippen LogP contribution in [-0.2, 0) is 12.0 Å². The van der Waals surface area contributed by atoms with Gasteiger partial charge < -0.3 is 5.32 Å². The fourth-order valence-electron chi connectivity index (χ4n) is 2.24. The molecule has 1 aromatic heterocycles. The topological polar surface area (TPSA) is 12.0 Å². The Morgan fingerprint density at radius 1 is 1.35 bits per heavy atom. The van der Waals surface area contributed by atoms with Gasteiger partial charge in [0.1, 0.15) is 0 Å². The van der Waals surface area contributed by atoms with Gasteiger partial charge in [-0.05, 0) is 43.2 Å². The number of thiophene rings is 1. The first-order valence-corrected chi connectivity index (χ1v) is 7.61. The van der Waals surface area contributed by atoms with Crippen LogP contribution in [0, 0.1) is 5.92 Å². The van der Waals surface area contributed by atoms with Gasteiger partial charge >= 0.3 is 0 Å². The lowest BCUT2D eigenvalue weighted by Crippen LogP contribution is -2.36. The zero-order valence-corrected chi connectivity index (χ0v) is 12.4. The first-order valence-electron chi connectivity index (χ1n) is 6.79. The Balaban J connectivity index is 1.84. The minimum Gasteiger partial charge on any atom is -0.309 e. The highest BCUT2D eigenvalue weighted by molar-refractivity contribution is 7.12. The van der Waals surface area contributed by atoms with E-state index >= 15 is 0 Å². The Kier molecular flexibility index (Phi) is 3.94. The van der Waals surface area contributed by atoms with E-state index in [1.54, 1.807) is 0 Å². The Hall–Kier alpha value is -0.340. The summed E-state index contributed by atoms with van der Waals surface area (Å²) in [6, 6.07) is 5.26. The Bertz CT molecular complexity index is 357. The van der Waals surface area contributed by atoms with Gasteiger partial charge in [0.2, 0.25) is 0 Å². The molecule has 0 radical (unpaired) electrons. The molecule has 1 aliphatic rings. The van der Waals surface area contributed by atoms with Crippen LogP contribution in [0.3, 0.4) is 0 Å². The van der Waals surface area contributed by atoms with E-state index in [1.165, 1.54) is 29.0 Å². The number of nitrogens with one attached hydrogen (secondary N) is 1. The Labute approximate surface area is 110 Å². The van der Waals surface area contributed by atoms with Crippen LogP contribution in [0.5, 0.6) is 0 Å². The molecule has 0 amide bonds. The van der Waals surface area contributed by atoms with Crippen LogP contribution in [0.25, 0.3) is 0 Å². The molecule has 1 saturated carbocycles. The quantitative estimate of drug-likeness (QED) is 0.840. The molecule has 1 atom stereocenters. The molecule has 0 spiro atoms. The monoisotopic (exact) mass is 251 g/mol. The van der Waals surface area contributed by atoms with E-state index in [0.29, 0.717) is 11.5 Å². The largest absolute Gasteiger partial charge is 0.309 e. The highest BCUT2D eigenvalue weighted by Crippen LogP contribution is 2.31. The van der Waals surface area contributed by atoms with Gasteiger partial charge in [0.05, 0.1) is 0 Å². The van der Waals surface area contributed by atoms with Gasteiger partial charge in [-0.1, -0.05) is 27.2 Å². The van der Waals surface area contributed by atoms with Gasteiger partial charge in [-0.25, -0.2) is 0 Å². The van der Waals surface area contributed by atoms with Crippen molar-refractivity contribution in [2.45, 2.75) is 65.0 Å². The number of hydrogen-bond acceptors (Lipinski definition) is 2. The number of hydrogen-bond donors (Lipinski definition) is 1. The predicted molar refractivity (Wildman–Crippen MR) is 76.7 cm³/mol. The smallest absolute Gasteiger partial charge is 0.0302 e. The van der Waals surface area contributed by atoms with Gasteiger partial charge in [0.25, 0.3) is 0 Å². The van der Waals surface area contributed by atoms with Crippen LogP contribution in [-0.4, -0.2) is 6.04 Å². The molecule has 17 heavy (non-hydrogen) atoms. The van der Waals surface area contributed by atoms with Crippen molar-refractivity contribution >= 4 is 11.3 Å². The normalized spacial score (nSPS) is 19.1. The van der Waals surface area contributed by atoms with Gasteiger partial charge in [0, 0.05) is 22.3 Å². The Morgan fingerprint density at radius 2 is 2.06 bits per heavy atom. The maximum Gasteiger partial charge on any atom is 0.0302 e. The molecule has 2 heteroatoms. The summed E-state index contributed by atoms with van der Waals surface area (Å²) >= 11 is 1.96. The second kappa shape index (κ2) is 5.11. The molecule has 1 N–H and O–H groups in total. The van der Waals surface area contributed by atoms with Crippen molar-refractivity contribution in [1.82, 2.24) is 5.32 Å². The second-order valence-corrected chi connectivity index (χ2v) is 7.54. The van der Waals surface area contributed by atoms with Crippen molar-refractivity contribution < 1.29 is 0 Å². The minimum atomic E-state index is 0.294. The molecule has 96 valence electrons. The average molecular weight is 251 g/mol. The van der Waals surface area contributed by atoms with Crippen LogP contribution in [0.15, 0.2) is 12.1 Å². The third-order valence-corrected chi connectivity index (χ3v) is 5.37. The van der Waals surface area contributed by atoms with Crippen molar-refractivity contribution in [1.29, 1.82) is 0 Å². The van der Waals surface area contributed by atoms with Gasteiger partial charge in [-0.3, -0.25) is 0 Å². The van der Waals surface area contributed by atoms with Gasteiger partial charge in [-0.15, -0.1) is 11.3 Å². The van der Waals surface area contributed by atoms with E-state index in [9.17, 15) is 0 Å². The fourth-order valence-corrected chi connectivity index (χ4v) is 3.26. The third-order valence-electron chi connectivity index (χ3n) is 3.86. The molecule has 0 saturated heterocycles. The molecule has 1 fully saturated rings. The van der Waals surface area contributed by atoms with E-state index < -0.39 is 0 Å². The predicted octanol–water partition coefficient (Wildman–Crippen LogP) is 4.32. The minimum absolute atomic E-state index is 0.294. The number of rotatable bonds is 4. The average Bonchev–Trinajstić information content (AvgIpc) is 2.59. The molecular weight excluding hydrogens is 226 g/mol. The summed E-state index contributed by atoms with van der Waals surface area (Å²) in [6.45, 7) is 10.2. The summed E-state index contributed by atoms with van der Waals surface area (Å²) in [4.78, 5) is 2.96. The maximum atomic E-state index is 3.68. The highest BCUT2D eigenvalue weighted by Gasteiger charge is 2.23. The molecule has 1 aromatic rings. The van der Waals surface area contributed by atoms with Gasteiger partial charge in [0.15, 0.2) is 0 Å². The van der Waals surface area contributed by atoms with Crippen LogP contribution in [0.4, 0.5) is 0 Å². The SMILES string of the molecule is CC(NCc1ccc(C(C)(C)C)s1)C1CCC1. The van der Waals surface area contributed by atoms with E-state index in [4.69, 9.17) is 0 Å². The summed E-state index contributed by atoms with van der Waals surface area (Å²) in [5, 5.41) is 3.68. The Morgan fingerprint density at radius 3 is 2.53 bits per heavy atom. The molecule has 0 bridgehead atoms. The van der Waals surface area contributed by atoms with Crippen molar-refractivity contribution in [2.24, 2.45) is 5.92 Å². The maximum absolute atomic E-state index is 3.68. The lowest BCUT2D eigenvalue weighted by molar-refractivity contribution is 0.240. The molecule has 0 aliphatic heterocycles. The van der Waals surface area contributed by atoms with Crippen LogP contribution in [0.2, 0.25) is 0 Å². The van der Waals surface area contributed by atoms with Crippen molar-refractivity contribution in [3.8, 4) is 0 Å². The lowest BCUT2D eigenvalue weighted by atomic mass is 9.80. The first-order chi connectivity index (χ1) is 7.97. The van der Waals surface area contributed by atoms with Crippen LogP contribution < -0.4 is 5.32 Å². The molecule has 1 unspecified atom stereocenters. The molecule has 1 aliphatic carbocycles. The van der Waals surface area contributed by atoms with E-state index in [-0.39, 0.29) is 0 Å². The zero-order valence-electron chi connectivity index (χ0n) is 11.5. The van der Waals surface area contributed by atoms with Crippen molar-refractivity contribution in [2.75, 3.05) is 0 Å². The summed E-state index contributed by atoms with van der Waals surface area (Å²) in [6.07, 6.45) is 4.28. The molecule has 1 nitrogen and oxygen atoms in total. The zero-order chi connectivity index (χ0) is 12.5. The lowest BCUT2D eigenvalue weighted by Gasteiger charge is -2.32. The molecule has 2 rings (SSSR count). The van der Waals surface area contributed by atoms with E-state index in [1.807, 2.05) is 11.3 Å². The van der Waals surface area contributed by atoms with Crippen LogP contribution in [0.1, 0.15) is 56.7 Å². The van der Waals surface area contributed by atoms with Crippen molar-refractivity contribution in [3.63, 3.8) is 0 Å². The summed E-state index contributed by atoms with van der Waals surface area (Å²) in [7, 11) is 0. The van der Waals surface area contributed by atoms with Crippen LogP contribution >= 0.6 is 11.3 Å². The molecule has 1 heterocycles. The molecular formula is C15H25NS.